The maximum absolute atomic E-state index is 13.3. The number of carbonyl (C=O) groups is 3. The van der Waals surface area contributed by atoms with E-state index in [9.17, 15) is 23.2 Å². The summed E-state index contributed by atoms with van der Waals surface area (Å²) in [6.07, 6.45) is 2.57. The number of pyridine rings is 1. The van der Waals surface area contributed by atoms with Crippen LogP contribution < -0.4 is 11.1 Å². The molecule has 0 fully saturated rings. The first-order chi connectivity index (χ1) is 13.7. The molecule has 0 aliphatic carbocycles. The maximum atomic E-state index is 13.3. The summed E-state index contributed by atoms with van der Waals surface area (Å²) < 4.78 is 31.2. The van der Waals surface area contributed by atoms with Gasteiger partial charge < -0.3 is 15.8 Å². The highest BCUT2D eigenvalue weighted by atomic mass is 19.1. The van der Waals surface area contributed by atoms with Gasteiger partial charge in [0.05, 0.1) is 25.5 Å². The average Bonchev–Trinajstić information content (AvgIpc) is 2.67. The Labute approximate surface area is 166 Å². The molecular formula is C20H21F2N3O4. The number of carbonyl (C=O) groups excluding carboxylic acids is 3. The Bertz CT molecular complexity index is 872. The third-order valence-electron chi connectivity index (χ3n) is 4.30. The SMILES string of the molecule is COC(=O)C(N)C(C(=O)[C@H](C)NC(=O)Cc1cc(F)cc(F)c1)c1ccncc1. The van der Waals surface area contributed by atoms with Crippen LogP contribution in [0.5, 0.6) is 0 Å². The number of hydrogen-bond acceptors (Lipinski definition) is 6. The fraction of sp³-hybridized carbons (Fsp3) is 0.300. The Morgan fingerprint density at radius 3 is 2.28 bits per heavy atom. The molecule has 0 aliphatic heterocycles. The lowest BCUT2D eigenvalue weighted by atomic mass is 9.85. The van der Waals surface area contributed by atoms with Crippen molar-refractivity contribution in [1.82, 2.24) is 10.3 Å². The Morgan fingerprint density at radius 1 is 1.14 bits per heavy atom. The van der Waals surface area contributed by atoms with E-state index in [4.69, 9.17) is 5.73 Å². The van der Waals surface area contributed by atoms with Crippen LogP contribution in [-0.4, -0.2) is 41.8 Å². The van der Waals surface area contributed by atoms with Crippen LogP contribution in [0.4, 0.5) is 8.78 Å². The number of rotatable bonds is 8. The van der Waals surface area contributed by atoms with E-state index in [0.29, 0.717) is 11.6 Å². The van der Waals surface area contributed by atoms with Gasteiger partial charge in [0.25, 0.3) is 0 Å². The normalized spacial score (nSPS) is 13.8. The van der Waals surface area contributed by atoms with Crippen molar-refractivity contribution in [2.24, 2.45) is 5.73 Å². The fourth-order valence-electron chi connectivity index (χ4n) is 2.92. The molecule has 3 atom stereocenters. The summed E-state index contributed by atoms with van der Waals surface area (Å²) in [6.45, 7) is 1.44. The number of nitrogens with zero attached hydrogens (tertiary/aromatic N) is 1. The molecule has 9 heteroatoms. The van der Waals surface area contributed by atoms with Gasteiger partial charge in [0.1, 0.15) is 17.7 Å². The molecule has 2 rings (SSSR count). The summed E-state index contributed by atoms with van der Waals surface area (Å²) in [7, 11) is 1.15. The van der Waals surface area contributed by atoms with Crippen molar-refractivity contribution in [2.45, 2.75) is 31.3 Å². The van der Waals surface area contributed by atoms with Crippen molar-refractivity contribution in [3.05, 3.63) is 65.5 Å². The van der Waals surface area contributed by atoms with E-state index in [2.05, 4.69) is 15.0 Å². The standard InChI is InChI=1S/C20H21F2N3O4/c1-11(25-16(26)9-12-7-14(21)10-15(22)8-12)19(27)17(18(23)20(28)29-2)13-3-5-24-6-4-13/h3-8,10-11,17-18H,9,23H2,1-2H3,(H,25,26)/t11-,17?,18?/m0/s1. The molecule has 3 N–H and O–H groups in total. The number of esters is 1. The van der Waals surface area contributed by atoms with Gasteiger partial charge in [0, 0.05) is 18.5 Å². The number of Topliss-reactive ketones (excluding diaryl/α,β-unsaturated/α-hetero) is 1. The molecule has 1 aromatic carbocycles. The molecule has 154 valence electrons. The van der Waals surface area contributed by atoms with E-state index in [1.807, 2.05) is 0 Å². The lowest BCUT2D eigenvalue weighted by Gasteiger charge is -2.24. The predicted octanol–water partition coefficient (Wildman–Crippen LogP) is 1.26. The molecule has 0 aliphatic rings. The third kappa shape index (κ3) is 5.89. The summed E-state index contributed by atoms with van der Waals surface area (Å²) in [6, 6.07) is 3.53. The smallest absolute Gasteiger partial charge is 0.323 e. The monoisotopic (exact) mass is 405 g/mol. The van der Waals surface area contributed by atoms with Crippen molar-refractivity contribution in [3.63, 3.8) is 0 Å². The van der Waals surface area contributed by atoms with Gasteiger partial charge in [-0.25, -0.2) is 8.78 Å². The molecule has 1 heterocycles. The van der Waals surface area contributed by atoms with Gasteiger partial charge in [0.15, 0.2) is 5.78 Å². The lowest BCUT2D eigenvalue weighted by molar-refractivity contribution is -0.144. The zero-order valence-electron chi connectivity index (χ0n) is 15.9. The highest BCUT2D eigenvalue weighted by Crippen LogP contribution is 2.22. The molecule has 0 bridgehead atoms. The van der Waals surface area contributed by atoms with E-state index >= 15 is 0 Å². The van der Waals surface area contributed by atoms with E-state index in [-0.39, 0.29) is 12.0 Å². The molecule has 0 saturated heterocycles. The molecule has 0 radical (unpaired) electrons. The molecule has 1 amide bonds. The van der Waals surface area contributed by atoms with Crippen molar-refractivity contribution >= 4 is 17.7 Å². The third-order valence-corrected chi connectivity index (χ3v) is 4.30. The molecule has 2 unspecified atom stereocenters. The van der Waals surface area contributed by atoms with Crippen LogP contribution in [-0.2, 0) is 25.5 Å². The van der Waals surface area contributed by atoms with Crippen LogP contribution in [0.1, 0.15) is 24.0 Å². The Morgan fingerprint density at radius 2 is 1.72 bits per heavy atom. The van der Waals surface area contributed by atoms with Crippen molar-refractivity contribution in [3.8, 4) is 0 Å². The largest absolute Gasteiger partial charge is 0.468 e. The second-order valence-electron chi connectivity index (χ2n) is 6.45. The summed E-state index contributed by atoms with van der Waals surface area (Å²) in [5.74, 6) is -4.61. The highest BCUT2D eigenvalue weighted by Gasteiger charge is 2.35. The van der Waals surface area contributed by atoms with E-state index in [0.717, 1.165) is 19.2 Å². The topological polar surface area (TPSA) is 111 Å². The van der Waals surface area contributed by atoms with Crippen molar-refractivity contribution < 1.29 is 27.9 Å². The van der Waals surface area contributed by atoms with Crippen LogP contribution in [0.2, 0.25) is 0 Å². The first-order valence-corrected chi connectivity index (χ1v) is 8.74. The minimum atomic E-state index is -1.29. The fourth-order valence-corrected chi connectivity index (χ4v) is 2.92. The Kier molecular flexibility index (Phi) is 7.49. The summed E-state index contributed by atoms with van der Waals surface area (Å²) in [5, 5.41) is 2.47. The molecule has 29 heavy (non-hydrogen) atoms. The predicted molar refractivity (Wildman–Crippen MR) is 99.6 cm³/mol. The van der Waals surface area contributed by atoms with Gasteiger partial charge in [-0.05, 0) is 42.3 Å². The first kappa shape index (κ1) is 22.1. The van der Waals surface area contributed by atoms with E-state index in [1.54, 1.807) is 0 Å². The number of halogens is 2. The van der Waals surface area contributed by atoms with E-state index in [1.165, 1.54) is 31.5 Å². The molecule has 0 saturated carbocycles. The minimum absolute atomic E-state index is 0.122. The zero-order valence-corrected chi connectivity index (χ0v) is 15.9. The second kappa shape index (κ2) is 9.83. The Balaban J connectivity index is 2.15. The average molecular weight is 405 g/mol. The maximum Gasteiger partial charge on any atom is 0.323 e. The van der Waals surface area contributed by atoms with Gasteiger partial charge in [-0.15, -0.1) is 0 Å². The quantitative estimate of drug-likeness (QED) is 0.640. The number of methoxy groups -OCH3 is 1. The van der Waals surface area contributed by atoms with Crippen LogP contribution in [0.15, 0.2) is 42.7 Å². The van der Waals surface area contributed by atoms with Crippen molar-refractivity contribution in [1.29, 1.82) is 0 Å². The number of nitrogens with two attached hydrogens (primary N) is 1. The first-order valence-electron chi connectivity index (χ1n) is 8.74. The number of ether oxygens (including phenoxy) is 1. The molecular weight excluding hydrogens is 384 g/mol. The minimum Gasteiger partial charge on any atom is -0.468 e. The van der Waals surface area contributed by atoms with E-state index < -0.39 is 47.3 Å². The lowest BCUT2D eigenvalue weighted by Crippen LogP contribution is -2.48. The van der Waals surface area contributed by atoms with Gasteiger partial charge in [-0.1, -0.05) is 0 Å². The zero-order chi connectivity index (χ0) is 21.6. The molecule has 2 aromatic rings. The van der Waals surface area contributed by atoms with Crippen LogP contribution >= 0.6 is 0 Å². The Hall–Kier alpha value is -3.20. The number of hydrogen-bond donors (Lipinski definition) is 2. The second-order valence-corrected chi connectivity index (χ2v) is 6.45. The summed E-state index contributed by atoms with van der Waals surface area (Å²) in [5.41, 5.74) is 6.48. The van der Waals surface area contributed by atoms with Gasteiger partial charge in [-0.3, -0.25) is 19.4 Å². The summed E-state index contributed by atoms with van der Waals surface area (Å²) in [4.78, 5) is 41.0. The highest BCUT2D eigenvalue weighted by molar-refractivity contribution is 5.97. The molecule has 7 nitrogen and oxygen atoms in total. The van der Waals surface area contributed by atoms with Gasteiger partial charge in [-0.2, -0.15) is 0 Å². The number of nitrogens with one attached hydrogen (secondary N) is 1. The number of aromatic nitrogens is 1. The van der Waals surface area contributed by atoms with Crippen LogP contribution in [0.3, 0.4) is 0 Å². The molecule has 1 aromatic heterocycles. The van der Waals surface area contributed by atoms with Crippen LogP contribution in [0, 0.1) is 11.6 Å². The number of benzene rings is 1. The number of ketones is 1. The van der Waals surface area contributed by atoms with Gasteiger partial charge >= 0.3 is 5.97 Å². The van der Waals surface area contributed by atoms with Gasteiger partial charge in [0.2, 0.25) is 5.91 Å². The molecule has 0 spiro atoms. The van der Waals surface area contributed by atoms with Crippen LogP contribution in [0.25, 0.3) is 0 Å². The summed E-state index contributed by atoms with van der Waals surface area (Å²) >= 11 is 0. The number of amides is 1. The van der Waals surface area contributed by atoms with Crippen molar-refractivity contribution in [2.75, 3.05) is 7.11 Å².